The minimum atomic E-state index is -0.121. The molecular formula is C26H28N2O2. The van der Waals surface area contributed by atoms with E-state index in [2.05, 4.69) is 29.3 Å². The molecule has 1 aliphatic rings. The molecule has 4 nitrogen and oxygen atoms in total. The molecule has 0 bridgehead atoms. The summed E-state index contributed by atoms with van der Waals surface area (Å²) in [5.41, 5.74) is 3.75. The molecule has 4 rings (SSSR count). The van der Waals surface area contributed by atoms with Gasteiger partial charge in [0.05, 0.1) is 0 Å². The second kappa shape index (κ2) is 9.49. The van der Waals surface area contributed by atoms with E-state index < -0.39 is 0 Å². The Morgan fingerprint density at radius 3 is 2.27 bits per heavy atom. The Morgan fingerprint density at radius 1 is 0.933 bits per heavy atom. The lowest BCUT2D eigenvalue weighted by Gasteiger charge is -2.32. The number of ether oxygens (including phenoxy) is 1. The summed E-state index contributed by atoms with van der Waals surface area (Å²) in [5, 5.41) is 2.97. The number of carbonyl (C=O) groups excluding carboxylic acids is 1. The highest BCUT2D eigenvalue weighted by atomic mass is 16.5. The van der Waals surface area contributed by atoms with Crippen LogP contribution in [0.15, 0.2) is 78.9 Å². The van der Waals surface area contributed by atoms with Crippen molar-refractivity contribution in [2.24, 2.45) is 5.92 Å². The zero-order chi connectivity index (χ0) is 20.8. The summed E-state index contributed by atoms with van der Waals surface area (Å²) in [4.78, 5) is 15.0. The van der Waals surface area contributed by atoms with E-state index in [4.69, 9.17) is 4.74 Å². The van der Waals surface area contributed by atoms with Crippen LogP contribution >= 0.6 is 0 Å². The Hall–Kier alpha value is -3.27. The quantitative estimate of drug-likeness (QED) is 0.572. The second-order valence-electron chi connectivity index (χ2n) is 7.97. The van der Waals surface area contributed by atoms with Gasteiger partial charge in [-0.1, -0.05) is 37.3 Å². The van der Waals surface area contributed by atoms with Gasteiger partial charge >= 0.3 is 0 Å². The number of rotatable bonds is 6. The molecule has 1 saturated heterocycles. The normalized spacial score (nSPS) is 14.4. The lowest BCUT2D eigenvalue weighted by atomic mass is 9.99. The zero-order valence-electron chi connectivity index (χ0n) is 17.4. The highest BCUT2D eigenvalue weighted by Crippen LogP contribution is 2.24. The van der Waals surface area contributed by atoms with Crippen LogP contribution in [0, 0.1) is 5.92 Å². The molecule has 1 N–H and O–H groups in total. The Balaban J connectivity index is 1.31. The van der Waals surface area contributed by atoms with Gasteiger partial charge in [-0.25, -0.2) is 0 Å². The molecule has 0 aliphatic carbocycles. The van der Waals surface area contributed by atoms with Crippen molar-refractivity contribution in [1.82, 2.24) is 0 Å². The number of nitrogens with one attached hydrogen (secondary N) is 1. The van der Waals surface area contributed by atoms with Gasteiger partial charge in [0.15, 0.2) is 0 Å². The van der Waals surface area contributed by atoms with E-state index in [-0.39, 0.29) is 5.91 Å². The average Bonchev–Trinajstić information content (AvgIpc) is 2.80. The smallest absolute Gasteiger partial charge is 0.255 e. The summed E-state index contributed by atoms with van der Waals surface area (Å²) >= 11 is 0. The molecular weight excluding hydrogens is 372 g/mol. The first-order valence-corrected chi connectivity index (χ1v) is 10.6. The molecule has 0 spiro atoms. The van der Waals surface area contributed by atoms with E-state index in [0.717, 1.165) is 36.0 Å². The van der Waals surface area contributed by atoms with Gasteiger partial charge in [-0.05, 0) is 72.9 Å². The number of hydrogen-bond acceptors (Lipinski definition) is 3. The van der Waals surface area contributed by atoms with E-state index in [1.807, 2.05) is 54.6 Å². The Bertz CT molecular complexity index is 945. The van der Waals surface area contributed by atoms with Gasteiger partial charge < -0.3 is 15.0 Å². The standard InChI is InChI=1S/C26H28N2O2/c1-20-15-17-28(18-16-20)24-11-9-23(10-12-24)27-26(29)22-7-13-25(14-8-22)30-19-21-5-3-2-4-6-21/h2-14,20H,15-19H2,1H3,(H,27,29). The maximum Gasteiger partial charge on any atom is 0.255 e. The molecule has 1 fully saturated rings. The van der Waals surface area contributed by atoms with Crippen LogP contribution in [0.1, 0.15) is 35.7 Å². The van der Waals surface area contributed by atoms with Gasteiger partial charge in [0.25, 0.3) is 5.91 Å². The molecule has 0 unspecified atom stereocenters. The fraction of sp³-hybridized carbons (Fsp3) is 0.269. The van der Waals surface area contributed by atoms with Crippen LogP contribution in [0.25, 0.3) is 0 Å². The van der Waals surface area contributed by atoms with E-state index in [9.17, 15) is 4.79 Å². The van der Waals surface area contributed by atoms with Crippen LogP contribution in [0.4, 0.5) is 11.4 Å². The predicted octanol–water partition coefficient (Wildman–Crippen LogP) is 5.75. The molecule has 0 atom stereocenters. The summed E-state index contributed by atoms with van der Waals surface area (Å²) in [7, 11) is 0. The van der Waals surface area contributed by atoms with Crippen molar-refractivity contribution >= 4 is 17.3 Å². The van der Waals surface area contributed by atoms with Crippen molar-refractivity contribution in [2.45, 2.75) is 26.4 Å². The van der Waals surface area contributed by atoms with Gasteiger partial charge in [-0.2, -0.15) is 0 Å². The van der Waals surface area contributed by atoms with Crippen molar-refractivity contribution in [3.05, 3.63) is 90.0 Å². The van der Waals surface area contributed by atoms with Crippen molar-refractivity contribution in [3.8, 4) is 5.75 Å². The number of anilines is 2. The zero-order valence-corrected chi connectivity index (χ0v) is 17.4. The number of benzene rings is 3. The summed E-state index contributed by atoms with van der Waals surface area (Å²) in [6, 6.07) is 25.4. The molecule has 1 heterocycles. The lowest BCUT2D eigenvalue weighted by molar-refractivity contribution is 0.102. The third-order valence-electron chi connectivity index (χ3n) is 5.64. The lowest BCUT2D eigenvalue weighted by Crippen LogP contribution is -2.32. The summed E-state index contributed by atoms with van der Waals surface area (Å²) in [6.07, 6.45) is 2.48. The number of nitrogens with zero attached hydrogens (tertiary/aromatic N) is 1. The van der Waals surface area contributed by atoms with Crippen LogP contribution in [-0.2, 0) is 6.61 Å². The third-order valence-corrected chi connectivity index (χ3v) is 5.64. The molecule has 1 aliphatic heterocycles. The highest BCUT2D eigenvalue weighted by molar-refractivity contribution is 6.04. The molecule has 154 valence electrons. The maximum atomic E-state index is 12.6. The second-order valence-corrected chi connectivity index (χ2v) is 7.97. The van der Waals surface area contributed by atoms with Crippen LogP contribution in [0.2, 0.25) is 0 Å². The molecule has 0 saturated carbocycles. The number of piperidine rings is 1. The average molecular weight is 401 g/mol. The van der Waals surface area contributed by atoms with Gasteiger partial charge in [0.2, 0.25) is 0 Å². The highest BCUT2D eigenvalue weighted by Gasteiger charge is 2.16. The van der Waals surface area contributed by atoms with Gasteiger partial charge in [0.1, 0.15) is 12.4 Å². The number of carbonyl (C=O) groups is 1. The van der Waals surface area contributed by atoms with Crippen LogP contribution in [0.5, 0.6) is 5.75 Å². The maximum absolute atomic E-state index is 12.6. The minimum absolute atomic E-state index is 0.121. The van der Waals surface area contributed by atoms with Crippen molar-refractivity contribution in [1.29, 1.82) is 0 Å². The van der Waals surface area contributed by atoms with Crippen LogP contribution < -0.4 is 15.0 Å². The molecule has 0 aromatic heterocycles. The van der Waals surface area contributed by atoms with E-state index in [0.29, 0.717) is 12.2 Å². The number of amides is 1. The van der Waals surface area contributed by atoms with E-state index >= 15 is 0 Å². The minimum Gasteiger partial charge on any atom is -0.489 e. The molecule has 1 amide bonds. The van der Waals surface area contributed by atoms with Crippen molar-refractivity contribution in [3.63, 3.8) is 0 Å². The topological polar surface area (TPSA) is 41.6 Å². The van der Waals surface area contributed by atoms with Gasteiger partial charge in [0, 0.05) is 30.0 Å². The van der Waals surface area contributed by atoms with E-state index in [1.165, 1.54) is 18.5 Å². The first-order chi connectivity index (χ1) is 14.7. The monoisotopic (exact) mass is 400 g/mol. The third kappa shape index (κ3) is 5.20. The molecule has 0 radical (unpaired) electrons. The Morgan fingerprint density at radius 2 is 1.60 bits per heavy atom. The fourth-order valence-electron chi connectivity index (χ4n) is 3.67. The van der Waals surface area contributed by atoms with Crippen LogP contribution in [0.3, 0.4) is 0 Å². The van der Waals surface area contributed by atoms with Crippen molar-refractivity contribution < 1.29 is 9.53 Å². The first kappa shape index (κ1) is 20.0. The molecule has 3 aromatic carbocycles. The predicted molar refractivity (Wildman–Crippen MR) is 122 cm³/mol. The van der Waals surface area contributed by atoms with Crippen LogP contribution in [-0.4, -0.2) is 19.0 Å². The fourth-order valence-corrected chi connectivity index (χ4v) is 3.67. The summed E-state index contributed by atoms with van der Waals surface area (Å²) in [5.74, 6) is 1.44. The largest absolute Gasteiger partial charge is 0.489 e. The Labute approximate surface area is 178 Å². The summed E-state index contributed by atoms with van der Waals surface area (Å²) < 4.78 is 5.79. The van der Waals surface area contributed by atoms with Crippen molar-refractivity contribution in [2.75, 3.05) is 23.3 Å². The SMILES string of the molecule is CC1CCN(c2ccc(NC(=O)c3ccc(OCc4ccccc4)cc3)cc2)CC1. The molecule has 30 heavy (non-hydrogen) atoms. The Kier molecular flexibility index (Phi) is 6.33. The van der Waals surface area contributed by atoms with Gasteiger partial charge in [-0.3, -0.25) is 4.79 Å². The first-order valence-electron chi connectivity index (χ1n) is 10.6. The number of hydrogen-bond donors (Lipinski definition) is 1. The van der Waals surface area contributed by atoms with Gasteiger partial charge in [-0.15, -0.1) is 0 Å². The summed E-state index contributed by atoms with van der Waals surface area (Å²) in [6.45, 7) is 5.03. The molecule has 4 heteroatoms. The molecule has 3 aromatic rings. The van der Waals surface area contributed by atoms with E-state index in [1.54, 1.807) is 12.1 Å².